The lowest BCUT2D eigenvalue weighted by atomic mass is 10.2. The summed E-state index contributed by atoms with van der Waals surface area (Å²) < 4.78 is 37.3. The first-order valence-corrected chi connectivity index (χ1v) is 7.50. The van der Waals surface area contributed by atoms with E-state index >= 15 is 0 Å². The summed E-state index contributed by atoms with van der Waals surface area (Å²) in [5, 5.41) is 0.633. The molecular formula is C11H13ClO5S. The van der Waals surface area contributed by atoms with Crippen molar-refractivity contribution in [1.29, 1.82) is 0 Å². The molecule has 0 amide bonds. The lowest BCUT2D eigenvalue weighted by molar-refractivity contribution is -0.0656. The van der Waals surface area contributed by atoms with Crippen molar-refractivity contribution in [2.24, 2.45) is 0 Å². The summed E-state index contributed by atoms with van der Waals surface area (Å²) in [6, 6.07) is 7.08. The molecule has 1 aromatic carbocycles. The van der Waals surface area contributed by atoms with Gasteiger partial charge < -0.3 is 9.47 Å². The summed E-state index contributed by atoms with van der Waals surface area (Å²) in [6.45, 7) is 0.256. The molecule has 1 aromatic rings. The van der Waals surface area contributed by atoms with Crippen molar-refractivity contribution in [3.05, 3.63) is 34.9 Å². The Hall–Kier alpha value is -0.660. The molecule has 0 saturated carbocycles. The highest BCUT2D eigenvalue weighted by atomic mass is 35.5. The fraction of sp³-hybridized carbons (Fsp3) is 0.455. The maximum Gasteiger partial charge on any atom is 0.264 e. The van der Waals surface area contributed by atoms with Gasteiger partial charge in [0, 0.05) is 10.6 Å². The van der Waals surface area contributed by atoms with Crippen LogP contribution in [-0.2, 0) is 23.8 Å². The van der Waals surface area contributed by atoms with Gasteiger partial charge in [0.25, 0.3) is 10.1 Å². The molecule has 0 aromatic heterocycles. The highest BCUT2D eigenvalue weighted by Gasteiger charge is 2.28. The number of benzene rings is 1. The van der Waals surface area contributed by atoms with Crippen LogP contribution >= 0.6 is 11.6 Å². The van der Waals surface area contributed by atoms with Crippen LogP contribution in [0.5, 0.6) is 0 Å². The van der Waals surface area contributed by atoms with Gasteiger partial charge in [-0.3, -0.25) is 4.18 Å². The Balaban J connectivity index is 1.90. The SMILES string of the molecule is CS(=O)(=O)OCC1COC(c2ccc(Cl)cc2)O1. The first-order chi connectivity index (χ1) is 8.44. The van der Waals surface area contributed by atoms with Gasteiger partial charge in [0.1, 0.15) is 6.10 Å². The molecule has 100 valence electrons. The number of rotatable bonds is 4. The summed E-state index contributed by atoms with van der Waals surface area (Å²) in [7, 11) is -3.45. The Bertz CT molecular complexity index is 499. The zero-order valence-corrected chi connectivity index (χ0v) is 11.3. The molecule has 1 aliphatic heterocycles. The van der Waals surface area contributed by atoms with Crippen LogP contribution in [0.3, 0.4) is 0 Å². The van der Waals surface area contributed by atoms with E-state index in [-0.39, 0.29) is 12.7 Å². The van der Waals surface area contributed by atoms with Crippen LogP contribution in [0.2, 0.25) is 5.02 Å². The van der Waals surface area contributed by atoms with Crippen LogP contribution in [0.15, 0.2) is 24.3 Å². The monoisotopic (exact) mass is 292 g/mol. The predicted octanol–water partition coefficient (Wildman–Crippen LogP) is 1.73. The Morgan fingerprint density at radius 2 is 2.06 bits per heavy atom. The molecule has 0 radical (unpaired) electrons. The van der Waals surface area contributed by atoms with E-state index < -0.39 is 16.4 Å². The molecule has 5 nitrogen and oxygen atoms in total. The number of halogens is 1. The van der Waals surface area contributed by atoms with E-state index in [9.17, 15) is 8.42 Å². The minimum absolute atomic E-state index is 0.0388. The van der Waals surface area contributed by atoms with Gasteiger partial charge in [0.2, 0.25) is 0 Å². The minimum Gasteiger partial charge on any atom is -0.346 e. The van der Waals surface area contributed by atoms with E-state index in [4.69, 9.17) is 21.1 Å². The molecule has 1 aliphatic rings. The van der Waals surface area contributed by atoms with E-state index in [1.807, 2.05) is 0 Å². The quantitative estimate of drug-likeness (QED) is 0.791. The van der Waals surface area contributed by atoms with Gasteiger partial charge >= 0.3 is 0 Å². The van der Waals surface area contributed by atoms with Gasteiger partial charge in [0.05, 0.1) is 19.5 Å². The molecule has 0 spiro atoms. The van der Waals surface area contributed by atoms with Crippen LogP contribution in [0, 0.1) is 0 Å². The molecule has 1 fully saturated rings. The van der Waals surface area contributed by atoms with Crippen molar-refractivity contribution in [3.8, 4) is 0 Å². The fourth-order valence-electron chi connectivity index (χ4n) is 1.53. The average molecular weight is 293 g/mol. The molecule has 18 heavy (non-hydrogen) atoms. The normalized spacial score (nSPS) is 24.3. The van der Waals surface area contributed by atoms with Gasteiger partial charge in [0.15, 0.2) is 6.29 Å². The molecule has 1 heterocycles. The van der Waals surface area contributed by atoms with Gasteiger partial charge in [-0.25, -0.2) is 0 Å². The summed E-state index contributed by atoms with van der Waals surface area (Å²) in [5.41, 5.74) is 0.834. The van der Waals surface area contributed by atoms with Crippen molar-refractivity contribution >= 4 is 21.7 Å². The smallest absolute Gasteiger partial charge is 0.264 e. The van der Waals surface area contributed by atoms with Crippen molar-refractivity contribution in [2.75, 3.05) is 19.5 Å². The van der Waals surface area contributed by atoms with Crippen LogP contribution in [0.1, 0.15) is 11.9 Å². The van der Waals surface area contributed by atoms with Gasteiger partial charge in [-0.05, 0) is 12.1 Å². The molecule has 2 unspecified atom stereocenters. The molecular weight excluding hydrogens is 280 g/mol. The molecule has 0 N–H and O–H groups in total. The van der Waals surface area contributed by atoms with E-state index in [1.165, 1.54) is 0 Å². The molecule has 2 atom stereocenters. The number of hydrogen-bond acceptors (Lipinski definition) is 5. The van der Waals surface area contributed by atoms with Crippen LogP contribution in [-0.4, -0.2) is 34.0 Å². The Morgan fingerprint density at radius 3 is 2.67 bits per heavy atom. The first-order valence-electron chi connectivity index (χ1n) is 5.31. The molecule has 2 rings (SSSR count). The van der Waals surface area contributed by atoms with Crippen molar-refractivity contribution < 1.29 is 22.1 Å². The third kappa shape index (κ3) is 3.93. The van der Waals surface area contributed by atoms with Gasteiger partial charge in [-0.2, -0.15) is 8.42 Å². The Morgan fingerprint density at radius 1 is 1.39 bits per heavy atom. The topological polar surface area (TPSA) is 61.8 Å². The van der Waals surface area contributed by atoms with E-state index in [1.54, 1.807) is 24.3 Å². The second-order valence-corrected chi connectivity index (χ2v) is 6.04. The van der Waals surface area contributed by atoms with Crippen LogP contribution in [0.4, 0.5) is 0 Å². The largest absolute Gasteiger partial charge is 0.346 e. The second kappa shape index (κ2) is 5.54. The lowest BCUT2D eigenvalue weighted by Gasteiger charge is -2.11. The Labute approximate surface area is 111 Å². The van der Waals surface area contributed by atoms with E-state index in [0.29, 0.717) is 11.6 Å². The average Bonchev–Trinajstić information content (AvgIpc) is 2.75. The predicted molar refractivity (Wildman–Crippen MR) is 65.8 cm³/mol. The zero-order valence-electron chi connectivity index (χ0n) is 9.71. The highest BCUT2D eigenvalue weighted by Crippen LogP contribution is 2.27. The highest BCUT2D eigenvalue weighted by molar-refractivity contribution is 7.85. The van der Waals surface area contributed by atoms with Crippen molar-refractivity contribution in [3.63, 3.8) is 0 Å². The summed E-state index contributed by atoms with van der Waals surface area (Å²) in [6.07, 6.45) is 0.107. The zero-order chi connectivity index (χ0) is 13.2. The third-order valence-corrected chi connectivity index (χ3v) is 3.18. The molecule has 0 bridgehead atoms. The maximum absolute atomic E-state index is 10.8. The maximum atomic E-state index is 10.8. The van der Waals surface area contributed by atoms with Crippen LogP contribution < -0.4 is 0 Å². The van der Waals surface area contributed by atoms with E-state index in [2.05, 4.69) is 4.18 Å². The standard InChI is InChI=1S/C11H13ClO5S/c1-18(13,14)16-7-10-6-15-11(17-10)8-2-4-9(12)5-3-8/h2-5,10-11H,6-7H2,1H3. The Kier molecular flexibility index (Phi) is 4.24. The van der Waals surface area contributed by atoms with Crippen molar-refractivity contribution in [1.82, 2.24) is 0 Å². The fourth-order valence-corrected chi connectivity index (χ4v) is 2.05. The first kappa shape index (κ1) is 13.8. The molecule has 7 heteroatoms. The third-order valence-electron chi connectivity index (χ3n) is 2.36. The number of hydrogen-bond donors (Lipinski definition) is 0. The second-order valence-electron chi connectivity index (χ2n) is 3.96. The van der Waals surface area contributed by atoms with Gasteiger partial charge in [-0.1, -0.05) is 23.7 Å². The van der Waals surface area contributed by atoms with Crippen molar-refractivity contribution in [2.45, 2.75) is 12.4 Å². The van der Waals surface area contributed by atoms with E-state index in [0.717, 1.165) is 11.8 Å². The van der Waals surface area contributed by atoms with Gasteiger partial charge in [-0.15, -0.1) is 0 Å². The summed E-state index contributed by atoms with van der Waals surface area (Å²) >= 11 is 5.78. The minimum atomic E-state index is -3.45. The summed E-state index contributed by atoms with van der Waals surface area (Å²) in [5.74, 6) is 0. The summed E-state index contributed by atoms with van der Waals surface area (Å²) in [4.78, 5) is 0. The van der Waals surface area contributed by atoms with Crippen LogP contribution in [0.25, 0.3) is 0 Å². The lowest BCUT2D eigenvalue weighted by Crippen LogP contribution is -2.20. The molecule has 0 aliphatic carbocycles. The molecule has 1 saturated heterocycles. The number of ether oxygens (including phenoxy) is 2.